The van der Waals surface area contributed by atoms with Gasteiger partial charge < -0.3 is 10.6 Å². The van der Waals surface area contributed by atoms with Crippen molar-refractivity contribution in [1.82, 2.24) is 10.6 Å². The number of rotatable bonds is 5. The SMILES string of the molecule is CC(CNC(=O)CCl)NC(=O)CCl. The number of amides is 2. The molecule has 1 atom stereocenters. The number of hydrogen-bond donors (Lipinski definition) is 2. The van der Waals surface area contributed by atoms with Gasteiger partial charge in [0, 0.05) is 12.6 Å². The highest BCUT2D eigenvalue weighted by molar-refractivity contribution is 6.27. The molecule has 0 saturated heterocycles. The third-order valence-corrected chi connectivity index (χ3v) is 1.74. The minimum atomic E-state index is -0.256. The molecule has 6 heteroatoms. The van der Waals surface area contributed by atoms with Gasteiger partial charge in [0.15, 0.2) is 0 Å². The molecule has 0 rings (SSSR count). The number of carbonyl (C=O) groups is 2. The van der Waals surface area contributed by atoms with Crippen molar-refractivity contribution < 1.29 is 9.59 Å². The molecule has 0 spiro atoms. The van der Waals surface area contributed by atoms with Gasteiger partial charge in [-0.25, -0.2) is 0 Å². The maximum Gasteiger partial charge on any atom is 0.235 e. The van der Waals surface area contributed by atoms with Gasteiger partial charge in [0.25, 0.3) is 0 Å². The number of hydrogen-bond acceptors (Lipinski definition) is 2. The first-order valence-corrected chi connectivity index (χ1v) is 4.85. The van der Waals surface area contributed by atoms with Crippen molar-refractivity contribution in [2.45, 2.75) is 13.0 Å². The molecule has 2 N–H and O–H groups in total. The van der Waals surface area contributed by atoms with Gasteiger partial charge in [0.05, 0.1) is 0 Å². The van der Waals surface area contributed by atoms with E-state index in [-0.39, 0.29) is 29.6 Å². The van der Waals surface area contributed by atoms with Gasteiger partial charge in [0.1, 0.15) is 11.8 Å². The van der Waals surface area contributed by atoms with E-state index in [1.165, 1.54) is 0 Å². The second-order valence-corrected chi connectivity index (χ2v) is 3.07. The number of nitrogens with one attached hydrogen (secondary N) is 2. The van der Waals surface area contributed by atoms with Crippen LogP contribution in [0, 0.1) is 0 Å². The Morgan fingerprint density at radius 3 is 2.23 bits per heavy atom. The molecule has 0 aromatic carbocycles. The first kappa shape index (κ1) is 12.5. The van der Waals surface area contributed by atoms with E-state index in [9.17, 15) is 9.59 Å². The molecule has 76 valence electrons. The molecule has 4 nitrogen and oxygen atoms in total. The number of alkyl halides is 2. The number of halogens is 2. The Bertz CT molecular complexity index is 187. The van der Waals surface area contributed by atoms with E-state index in [0.717, 1.165) is 0 Å². The molecule has 0 fully saturated rings. The quantitative estimate of drug-likeness (QED) is 0.653. The van der Waals surface area contributed by atoms with Crippen molar-refractivity contribution in [2.24, 2.45) is 0 Å². The van der Waals surface area contributed by atoms with Gasteiger partial charge >= 0.3 is 0 Å². The highest BCUT2D eigenvalue weighted by Crippen LogP contribution is 1.82. The molecule has 0 aromatic heterocycles. The van der Waals surface area contributed by atoms with Crippen LogP contribution in [0.1, 0.15) is 6.92 Å². The third-order valence-electron chi connectivity index (χ3n) is 1.26. The second-order valence-electron chi connectivity index (χ2n) is 2.54. The summed E-state index contributed by atoms with van der Waals surface area (Å²) in [6.07, 6.45) is 0. The van der Waals surface area contributed by atoms with E-state index < -0.39 is 0 Å². The van der Waals surface area contributed by atoms with Crippen LogP contribution >= 0.6 is 23.2 Å². The van der Waals surface area contributed by atoms with Crippen molar-refractivity contribution >= 4 is 35.0 Å². The van der Waals surface area contributed by atoms with E-state index in [4.69, 9.17) is 23.2 Å². The molecule has 2 amide bonds. The zero-order chi connectivity index (χ0) is 10.3. The van der Waals surface area contributed by atoms with Crippen molar-refractivity contribution in [3.63, 3.8) is 0 Å². The van der Waals surface area contributed by atoms with E-state index in [1.807, 2.05) is 0 Å². The van der Waals surface area contributed by atoms with Gasteiger partial charge in [-0.15, -0.1) is 23.2 Å². The lowest BCUT2D eigenvalue weighted by atomic mass is 10.3. The fourth-order valence-corrected chi connectivity index (χ4v) is 0.850. The van der Waals surface area contributed by atoms with E-state index in [2.05, 4.69) is 10.6 Å². The van der Waals surface area contributed by atoms with Crippen LogP contribution < -0.4 is 10.6 Å². The van der Waals surface area contributed by atoms with Gasteiger partial charge in [-0.3, -0.25) is 9.59 Å². The van der Waals surface area contributed by atoms with E-state index in [0.29, 0.717) is 6.54 Å². The lowest BCUT2D eigenvalue weighted by Gasteiger charge is -2.12. The standard InChI is InChI=1S/C7H12Cl2N2O2/c1-5(11-7(13)3-9)4-10-6(12)2-8/h5H,2-4H2,1H3,(H,10,12)(H,11,13). The Morgan fingerprint density at radius 2 is 1.77 bits per heavy atom. The summed E-state index contributed by atoms with van der Waals surface area (Å²) in [5.74, 6) is -0.660. The van der Waals surface area contributed by atoms with E-state index >= 15 is 0 Å². The highest BCUT2D eigenvalue weighted by atomic mass is 35.5. The first-order chi connectivity index (χ1) is 6.10. The largest absolute Gasteiger partial charge is 0.353 e. The zero-order valence-corrected chi connectivity index (χ0v) is 8.78. The molecule has 0 aromatic rings. The Kier molecular flexibility index (Phi) is 6.72. The van der Waals surface area contributed by atoms with Gasteiger partial charge in [-0.2, -0.15) is 0 Å². The monoisotopic (exact) mass is 226 g/mol. The average Bonchev–Trinajstić information content (AvgIpc) is 2.13. The molecule has 0 radical (unpaired) electrons. The Balaban J connectivity index is 3.56. The average molecular weight is 227 g/mol. The van der Waals surface area contributed by atoms with Crippen LogP contribution in [-0.2, 0) is 9.59 Å². The molecule has 13 heavy (non-hydrogen) atoms. The second kappa shape index (κ2) is 6.97. The zero-order valence-electron chi connectivity index (χ0n) is 7.27. The number of carbonyl (C=O) groups excluding carboxylic acids is 2. The molecule has 0 aliphatic rings. The summed E-state index contributed by atoms with van der Waals surface area (Å²) in [5, 5.41) is 5.11. The van der Waals surface area contributed by atoms with Crippen LogP contribution in [0.2, 0.25) is 0 Å². The summed E-state index contributed by atoms with van der Waals surface area (Å²) < 4.78 is 0. The minimum absolute atomic E-state index is 0.0732. The smallest absolute Gasteiger partial charge is 0.235 e. The van der Waals surface area contributed by atoms with Crippen LogP contribution in [-0.4, -0.2) is 36.2 Å². The summed E-state index contributed by atoms with van der Waals surface area (Å²) in [6.45, 7) is 2.12. The normalized spacial score (nSPS) is 11.9. The van der Waals surface area contributed by atoms with Crippen LogP contribution in [0.4, 0.5) is 0 Å². The Labute approximate surface area is 87.0 Å². The molecule has 0 heterocycles. The highest BCUT2D eigenvalue weighted by Gasteiger charge is 2.06. The van der Waals surface area contributed by atoms with Crippen molar-refractivity contribution in [1.29, 1.82) is 0 Å². The third kappa shape index (κ3) is 6.66. The van der Waals surface area contributed by atoms with Gasteiger partial charge in [0.2, 0.25) is 11.8 Å². The van der Waals surface area contributed by atoms with Crippen LogP contribution in [0.5, 0.6) is 0 Å². The lowest BCUT2D eigenvalue weighted by molar-refractivity contribution is -0.121. The summed E-state index contributed by atoms with van der Waals surface area (Å²) in [4.78, 5) is 21.4. The van der Waals surface area contributed by atoms with Crippen LogP contribution in [0.3, 0.4) is 0 Å². The topological polar surface area (TPSA) is 58.2 Å². The summed E-state index contributed by atoms with van der Waals surface area (Å²) in [5.41, 5.74) is 0. The lowest BCUT2D eigenvalue weighted by Crippen LogP contribution is -2.42. The van der Waals surface area contributed by atoms with Crippen LogP contribution in [0.25, 0.3) is 0 Å². The maximum atomic E-state index is 10.8. The molecule has 1 unspecified atom stereocenters. The van der Waals surface area contributed by atoms with E-state index in [1.54, 1.807) is 6.92 Å². The predicted molar refractivity (Wildman–Crippen MR) is 52.1 cm³/mol. The summed E-state index contributed by atoms with van der Waals surface area (Å²) in [6, 6.07) is -0.140. The van der Waals surface area contributed by atoms with Crippen molar-refractivity contribution in [2.75, 3.05) is 18.3 Å². The molecule has 0 saturated carbocycles. The molecule has 0 aliphatic carbocycles. The fraction of sp³-hybridized carbons (Fsp3) is 0.714. The molecule has 0 aliphatic heterocycles. The van der Waals surface area contributed by atoms with Crippen molar-refractivity contribution in [3.05, 3.63) is 0 Å². The Hall–Kier alpha value is -0.480. The molecule has 0 bridgehead atoms. The minimum Gasteiger partial charge on any atom is -0.353 e. The van der Waals surface area contributed by atoms with Gasteiger partial charge in [-0.05, 0) is 6.92 Å². The molecular weight excluding hydrogens is 215 g/mol. The Morgan fingerprint density at radius 1 is 1.23 bits per heavy atom. The fourth-order valence-electron chi connectivity index (χ4n) is 0.679. The van der Waals surface area contributed by atoms with Crippen molar-refractivity contribution in [3.8, 4) is 0 Å². The van der Waals surface area contributed by atoms with Gasteiger partial charge in [-0.1, -0.05) is 0 Å². The molecular formula is C7H12Cl2N2O2. The summed E-state index contributed by atoms with van der Waals surface area (Å²) in [7, 11) is 0. The maximum absolute atomic E-state index is 10.8. The van der Waals surface area contributed by atoms with Crippen LogP contribution in [0.15, 0.2) is 0 Å². The first-order valence-electron chi connectivity index (χ1n) is 3.78. The predicted octanol–water partition coefficient (Wildman–Crippen LogP) is 0.0849. The summed E-state index contributed by atoms with van der Waals surface area (Å²) >= 11 is 10.5.